The minimum atomic E-state index is -0.706. The van der Waals surface area contributed by atoms with Crippen molar-refractivity contribution >= 4 is 17.7 Å². The first-order chi connectivity index (χ1) is 16.1. The van der Waals surface area contributed by atoms with Crippen LogP contribution < -0.4 is 5.32 Å². The Labute approximate surface area is 200 Å². The zero-order chi connectivity index (χ0) is 24.6. The first-order valence-corrected chi connectivity index (χ1v) is 12.0. The minimum absolute atomic E-state index is 0.132. The van der Waals surface area contributed by atoms with E-state index in [0.29, 0.717) is 37.2 Å². The molecule has 184 valence electrons. The van der Waals surface area contributed by atoms with Crippen LogP contribution >= 0.6 is 0 Å². The molecule has 3 aliphatic heterocycles. The third-order valence-electron chi connectivity index (χ3n) is 8.11. The molecule has 34 heavy (non-hydrogen) atoms. The van der Waals surface area contributed by atoms with Crippen molar-refractivity contribution in [3.63, 3.8) is 0 Å². The molecule has 1 fully saturated rings. The van der Waals surface area contributed by atoms with Gasteiger partial charge in [0, 0.05) is 23.6 Å². The molecule has 0 radical (unpaired) electrons. The number of carbonyl (C=O) groups excluding carboxylic acids is 3. The molecule has 8 heteroatoms. The van der Waals surface area contributed by atoms with E-state index in [4.69, 9.17) is 9.47 Å². The van der Waals surface area contributed by atoms with Crippen LogP contribution in [0.1, 0.15) is 73.2 Å². The molecule has 0 bridgehead atoms. The number of esters is 2. The topological polar surface area (TPSA) is 105 Å². The molecule has 1 saturated heterocycles. The second kappa shape index (κ2) is 9.50. The molecule has 4 rings (SSSR count). The Morgan fingerprint density at radius 1 is 1.15 bits per heavy atom. The summed E-state index contributed by atoms with van der Waals surface area (Å²) in [6.07, 6.45) is 1.43. The smallest absolute Gasteiger partial charge is 0.338 e. The van der Waals surface area contributed by atoms with Crippen LogP contribution in [-0.4, -0.2) is 60.0 Å². The Morgan fingerprint density at radius 3 is 2.44 bits per heavy atom. The van der Waals surface area contributed by atoms with Gasteiger partial charge in [-0.3, -0.25) is 9.69 Å². The van der Waals surface area contributed by atoms with Crippen molar-refractivity contribution in [2.24, 2.45) is 5.41 Å². The van der Waals surface area contributed by atoms with Gasteiger partial charge in [0.1, 0.15) is 19.0 Å². The highest BCUT2D eigenvalue weighted by Gasteiger charge is 2.40. The number of ether oxygens (including phenoxy) is 2. The molecule has 2 N–H and O–H groups in total. The molecule has 0 saturated carbocycles. The number of carbonyl (C=O) groups is 3. The van der Waals surface area contributed by atoms with Crippen molar-refractivity contribution in [3.8, 4) is 0 Å². The van der Waals surface area contributed by atoms with Crippen LogP contribution in [-0.2, 0) is 25.7 Å². The van der Waals surface area contributed by atoms with Crippen LogP contribution in [0.2, 0.25) is 0 Å². The lowest BCUT2D eigenvalue weighted by Crippen LogP contribution is -2.49. The van der Waals surface area contributed by atoms with E-state index in [2.05, 4.69) is 10.2 Å². The van der Waals surface area contributed by atoms with E-state index < -0.39 is 11.5 Å². The Bertz CT molecular complexity index is 1040. The number of nitrogens with zero attached hydrogens (tertiary/aromatic N) is 1. The molecule has 0 spiro atoms. The average Bonchev–Trinajstić information content (AvgIpc) is 3.36. The van der Waals surface area contributed by atoms with Gasteiger partial charge in [0.05, 0.1) is 22.9 Å². The first kappa shape index (κ1) is 24.4. The molecule has 2 atom stereocenters. The van der Waals surface area contributed by atoms with Gasteiger partial charge in [0.2, 0.25) is 0 Å². The third-order valence-corrected chi connectivity index (χ3v) is 8.11. The molecule has 8 nitrogen and oxygen atoms in total. The number of cyclic esters (lactones) is 2. The van der Waals surface area contributed by atoms with Gasteiger partial charge in [-0.05, 0) is 77.2 Å². The van der Waals surface area contributed by atoms with Crippen molar-refractivity contribution in [3.05, 3.63) is 45.7 Å². The van der Waals surface area contributed by atoms with Crippen LogP contribution in [0.3, 0.4) is 0 Å². The summed E-state index contributed by atoms with van der Waals surface area (Å²) in [6, 6.07) is 3.44. The highest BCUT2D eigenvalue weighted by atomic mass is 16.5. The zero-order valence-corrected chi connectivity index (χ0v) is 20.4. The lowest BCUT2D eigenvalue weighted by atomic mass is 9.72. The van der Waals surface area contributed by atoms with Gasteiger partial charge in [-0.15, -0.1) is 0 Å². The first-order valence-electron chi connectivity index (χ1n) is 12.0. The van der Waals surface area contributed by atoms with Gasteiger partial charge in [0.25, 0.3) is 0 Å². The molecule has 3 aliphatic rings. The van der Waals surface area contributed by atoms with E-state index in [1.807, 2.05) is 19.9 Å². The second-order valence-electron chi connectivity index (χ2n) is 9.80. The fourth-order valence-corrected chi connectivity index (χ4v) is 5.40. The van der Waals surface area contributed by atoms with E-state index >= 15 is 0 Å². The molecule has 0 amide bonds. The summed E-state index contributed by atoms with van der Waals surface area (Å²) in [7, 11) is 0. The maximum atomic E-state index is 12.6. The Hall–Kier alpha value is -2.71. The summed E-state index contributed by atoms with van der Waals surface area (Å²) >= 11 is 0. The van der Waals surface area contributed by atoms with E-state index in [-0.39, 0.29) is 37.0 Å². The third kappa shape index (κ3) is 4.36. The molecule has 3 heterocycles. The van der Waals surface area contributed by atoms with E-state index in [9.17, 15) is 19.5 Å². The highest BCUT2D eigenvalue weighted by molar-refractivity contribution is 5.94. The number of piperidine rings is 1. The van der Waals surface area contributed by atoms with E-state index in [0.717, 1.165) is 35.2 Å². The summed E-state index contributed by atoms with van der Waals surface area (Å²) in [6.45, 7) is 9.91. The van der Waals surface area contributed by atoms with Gasteiger partial charge in [-0.2, -0.15) is 0 Å². The molecule has 0 unspecified atom stereocenters. The van der Waals surface area contributed by atoms with Gasteiger partial charge in [-0.25, -0.2) is 9.59 Å². The lowest BCUT2D eigenvalue weighted by Gasteiger charge is -2.43. The Morgan fingerprint density at radius 2 is 1.82 bits per heavy atom. The Balaban J connectivity index is 1.38. The minimum Gasteiger partial charge on any atom is -0.457 e. The number of fused-ring (bicyclic) bond motifs is 1. The van der Waals surface area contributed by atoms with Crippen molar-refractivity contribution in [2.45, 2.75) is 65.7 Å². The van der Waals surface area contributed by atoms with Crippen LogP contribution in [0.25, 0.3) is 0 Å². The molecule has 1 aromatic carbocycles. The van der Waals surface area contributed by atoms with Gasteiger partial charge in [-0.1, -0.05) is 6.07 Å². The summed E-state index contributed by atoms with van der Waals surface area (Å²) in [5.41, 5.74) is 4.15. The van der Waals surface area contributed by atoms with Crippen molar-refractivity contribution in [2.75, 3.05) is 26.2 Å². The fraction of sp³-hybridized carbons (Fsp3) is 0.577. The van der Waals surface area contributed by atoms with E-state index in [1.165, 1.54) is 0 Å². The fourth-order valence-electron chi connectivity index (χ4n) is 5.40. The van der Waals surface area contributed by atoms with Gasteiger partial charge in [0.15, 0.2) is 0 Å². The summed E-state index contributed by atoms with van der Waals surface area (Å²) in [5, 5.41) is 14.5. The molecular weight excluding hydrogens is 436 g/mol. The normalized spacial score (nSPS) is 21.7. The number of hydrogen-bond donors (Lipinski definition) is 2. The average molecular weight is 471 g/mol. The number of aliphatic hydroxyl groups is 1. The largest absolute Gasteiger partial charge is 0.457 e. The summed E-state index contributed by atoms with van der Waals surface area (Å²) in [5.74, 6) is -0.412. The van der Waals surface area contributed by atoms with Crippen molar-refractivity contribution < 1.29 is 29.0 Å². The maximum Gasteiger partial charge on any atom is 0.338 e. The number of hydrogen-bond acceptors (Lipinski definition) is 8. The number of likely N-dealkylation sites (tertiary alicyclic amines) is 1. The number of benzene rings is 1. The molecule has 0 aromatic heterocycles. The van der Waals surface area contributed by atoms with Crippen LogP contribution in [0.4, 0.5) is 0 Å². The molecule has 0 aliphatic carbocycles. The van der Waals surface area contributed by atoms with Crippen LogP contribution in [0.5, 0.6) is 0 Å². The number of aliphatic hydroxyl groups excluding tert-OH is 1. The van der Waals surface area contributed by atoms with Crippen molar-refractivity contribution in [1.82, 2.24) is 10.2 Å². The quantitative estimate of drug-likeness (QED) is 0.559. The number of Topliss-reactive ketones (excluding diaryl/α,β-unsaturated/α-hetero) is 1. The summed E-state index contributed by atoms with van der Waals surface area (Å²) in [4.78, 5) is 38.3. The predicted molar refractivity (Wildman–Crippen MR) is 125 cm³/mol. The monoisotopic (exact) mass is 470 g/mol. The predicted octanol–water partition coefficient (Wildman–Crippen LogP) is 2.57. The van der Waals surface area contributed by atoms with Crippen LogP contribution in [0.15, 0.2) is 23.4 Å². The van der Waals surface area contributed by atoms with Gasteiger partial charge >= 0.3 is 11.9 Å². The zero-order valence-electron chi connectivity index (χ0n) is 20.4. The molecule has 1 aromatic rings. The lowest BCUT2D eigenvalue weighted by molar-refractivity contribution is -0.136. The highest BCUT2D eigenvalue weighted by Crippen LogP contribution is 2.38. The molecular formula is C26H34N2O6. The maximum absolute atomic E-state index is 12.6. The van der Waals surface area contributed by atoms with Gasteiger partial charge < -0.3 is 19.9 Å². The number of nitrogens with one attached hydrogen (secondary N) is 1. The SMILES string of the molecule is CC(=O)C1(CCNC2=C(C)C(=O)OC2)CCN([C@H](C)[C@H](O)c2ccc3c(c2C)COC3=O)CC1. The number of ketones is 1. The summed E-state index contributed by atoms with van der Waals surface area (Å²) < 4.78 is 10.2. The van der Waals surface area contributed by atoms with Crippen LogP contribution in [0, 0.1) is 12.3 Å². The van der Waals surface area contributed by atoms with Crippen molar-refractivity contribution in [1.29, 1.82) is 0 Å². The standard InChI is InChI=1S/C26H34N2O6/c1-15-19(5-6-20-21(15)13-33-25(20)32)23(30)17(3)28-11-8-26(9-12-28,18(4)29)7-10-27-22-14-34-24(31)16(22)2/h5-6,17,23,27,30H,7-14H2,1-4H3/t17-,23+/m1/s1. The van der Waals surface area contributed by atoms with E-state index in [1.54, 1.807) is 19.9 Å². The second-order valence-corrected chi connectivity index (χ2v) is 9.80. The Kier molecular flexibility index (Phi) is 6.82. The number of rotatable bonds is 8.